The molecule has 78 valence electrons. The van der Waals surface area contributed by atoms with Crippen LogP contribution in [0.2, 0.25) is 11.6 Å². The van der Waals surface area contributed by atoms with Gasteiger partial charge < -0.3 is 4.43 Å². The summed E-state index contributed by atoms with van der Waals surface area (Å²) in [5.41, 5.74) is 1.02. The number of hydrogen-bond acceptors (Lipinski definition) is 1. The molecule has 1 saturated heterocycles. The van der Waals surface area contributed by atoms with Crippen molar-refractivity contribution in [3.63, 3.8) is 0 Å². The summed E-state index contributed by atoms with van der Waals surface area (Å²) in [5.74, 6) is 0. The molecule has 2 aliphatic rings. The van der Waals surface area contributed by atoms with Gasteiger partial charge in [-0.3, -0.25) is 0 Å². The van der Waals surface area contributed by atoms with Crippen LogP contribution in [-0.4, -0.2) is 15.6 Å². The Labute approximate surface area is 88.6 Å². The van der Waals surface area contributed by atoms with Crippen LogP contribution in [0.4, 0.5) is 0 Å². The molecular formula is C12H20OSi. The van der Waals surface area contributed by atoms with Gasteiger partial charge in [-0.05, 0) is 17.9 Å². The first-order valence-electron chi connectivity index (χ1n) is 5.68. The van der Waals surface area contributed by atoms with Crippen molar-refractivity contribution in [1.82, 2.24) is 0 Å². The van der Waals surface area contributed by atoms with Crippen LogP contribution in [0.5, 0.6) is 0 Å². The van der Waals surface area contributed by atoms with Crippen LogP contribution in [0.25, 0.3) is 0 Å². The van der Waals surface area contributed by atoms with Crippen molar-refractivity contribution in [2.75, 3.05) is 6.61 Å². The van der Waals surface area contributed by atoms with Crippen molar-refractivity contribution in [2.45, 2.75) is 38.3 Å². The minimum atomic E-state index is -0.971. The molecule has 14 heavy (non-hydrogen) atoms. The van der Waals surface area contributed by atoms with Gasteiger partial charge in [0.1, 0.15) is 0 Å². The van der Waals surface area contributed by atoms with Crippen LogP contribution in [0.1, 0.15) is 26.7 Å². The lowest BCUT2D eigenvalue weighted by Gasteiger charge is -2.37. The van der Waals surface area contributed by atoms with Crippen molar-refractivity contribution < 1.29 is 4.43 Å². The number of rotatable bonds is 1. The fourth-order valence-corrected chi connectivity index (χ4v) is 5.84. The molecule has 2 atom stereocenters. The minimum Gasteiger partial charge on any atom is -0.419 e. The maximum atomic E-state index is 6.01. The van der Waals surface area contributed by atoms with E-state index < -0.39 is 9.04 Å². The second-order valence-electron chi connectivity index (χ2n) is 5.00. The Morgan fingerprint density at radius 3 is 2.79 bits per heavy atom. The average molecular weight is 208 g/mol. The Balaban J connectivity index is 2.08. The molecule has 0 aromatic rings. The van der Waals surface area contributed by atoms with E-state index in [1.54, 1.807) is 0 Å². The first-order chi connectivity index (χ1) is 6.70. The molecule has 0 bridgehead atoms. The third kappa shape index (κ3) is 2.01. The van der Waals surface area contributed by atoms with Crippen molar-refractivity contribution >= 4 is 9.04 Å². The lowest BCUT2D eigenvalue weighted by atomic mass is 9.85. The highest BCUT2D eigenvalue weighted by Gasteiger charge is 2.35. The van der Waals surface area contributed by atoms with Crippen LogP contribution in [-0.2, 0) is 4.43 Å². The Morgan fingerprint density at radius 2 is 2.14 bits per heavy atom. The van der Waals surface area contributed by atoms with E-state index in [-0.39, 0.29) is 0 Å². The molecule has 2 heteroatoms. The van der Waals surface area contributed by atoms with Crippen LogP contribution >= 0.6 is 0 Å². The molecule has 0 radical (unpaired) electrons. The van der Waals surface area contributed by atoms with Gasteiger partial charge in [0.05, 0.1) is 0 Å². The normalized spacial score (nSPS) is 35.9. The molecule has 0 amide bonds. The fourth-order valence-electron chi connectivity index (χ4n) is 2.50. The molecule has 0 N–H and O–H groups in total. The highest BCUT2D eigenvalue weighted by molar-refractivity contribution is 6.54. The Bertz CT molecular complexity index is 249. The monoisotopic (exact) mass is 208 g/mol. The van der Waals surface area contributed by atoms with Crippen LogP contribution in [0.15, 0.2) is 24.3 Å². The molecule has 0 aromatic carbocycles. The summed E-state index contributed by atoms with van der Waals surface area (Å²) >= 11 is 0. The summed E-state index contributed by atoms with van der Waals surface area (Å²) in [6, 6.07) is 1.37. The zero-order valence-corrected chi connectivity index (χ0v) is 10.4. The fraction of sp³-hybridized carbons (Fsp3) is 0.667. The van der Waals surface area contributed by atoms with Crippen molar-refractivity contribution in [3.05, 3.63) is 24.3 Å². The molecular weight excluding hydrogens is 188 g/mol. The van der Waals surface area contributed by atoms with Gasteiger partial charge in [0.25, 0.3) is 0 Å². The zero-order valence-electron chi connectivity index (χ0n) is 9.20. The molecule has 2 rings (SSSR count). The Hall–Kier alpha value is -0.343. The maximum absolute atomic E-state index is 6.01. The first-order valence-corrected chi connectivity index (χ1v) is 7.63. The van der Waals surface area contributed by atoms with E-state index in [1.165, 1.54) is 18.9 Å². The molecule has 0 spiro atoms. The SMILES string of the molecule is CC1(C)C=CC=CC1[SiH]1CCCCO1. The molecule has 1 aliphatic carbocycles. The smallest absolute Gasteiger partial charge is 0.184 e. The van der Waals surface area contributed by atoms with E-state index in [1.807, 2.05) is 0 Å². The highest BCUT2D eigenvalue weighted by Crippen LogP contribution is 2.41. The quantitative estimate of drug-likeness (QED) is 0.602. The molecule has 0 aromatic heterocycles. The lowest BCUT2D eigenvalue weighted by Crippen LogP contribution is -2.35. The van der Waals surface area contributed by atoms with Gasteiger partial charge in [0.15, 0.2) is 9.04 Å². The zero-order chi connectivity index (χ0) is 10.0. The third-order valence-corrected chi connectivity index (χ3v) is 6.95. The summed E-state index contributed by atoms with van der Waals surface area (Å²) in [7, 11) is -0.971. The summed E-state index contributed by atoms with van der Waals surface area (Å²) in [6.45, 7) is 5.69. The van der Waals surface area contributed by atoms with E-state index in [9.17, 15) is 0 Å². The predicted molar refractivity (Wildman–Crippen MR) is 63.0 cm³/mol. The van der Waals surface area contributed by atoms with Crippen molar-refractivity contribution in [2.24, 2.45) is 5.41 Å². The van der Waals surface area contributed by atoms with Crippen LogP contribution < -0.4 is 0 Å². The first kappa shape index (κ1) is 10.2. The van der Waals surface area contributed by atoms with E-state index in [0.717, 1.165) is 6.61 Å². The van der Waals surface area contributed by atoms with Crippen LogP contribution in [0.3, 0.4) is 0 Å². The standard InChI is InChI=1S/C12H20OSi/c1-12(2)8-4-3-7-11(12)14-10-6-5-9-13-14/h3-4,7-8,11,14H,5-6,9-10H2,1-2H3. The third-order valence-electron chi connectivity index (χ3n) is 3.43. The summed E-state index contributed by atoms with van der Waals surface area (Å²) < 4.78 is 6.01. The Kier molecular flexibility index (Phi) is 2.93. The van der Waals surface area contributed by atoms with Crippen molar-refractivity contribution in [1.29, 1.82) is 0 Å². The van der Waals surface area contributed by atoms with Gasteiger partial charge >= 0.3 is 0 Å². The molecule has 1 fully saturated rings. The topological polar surface area (TPSA) is 9.23 Å². The predicted octanol–water partition coefficient (Wildman–Crippen LogP) is 3.04. The van der Waals surface area contributed by atoms with E-state index in [0.29, 0.717) is 11.0 Å². The largest absolute Gasteiger partial charge is 0.419 e. The number of allylic oxidation sites excluding steroid dienone is 4. The second-order valence-corrected chi connectivity index (χ2v) is 7.70. The van der Waals surface area contributed by atoms with Gasteiger partial charge in [-0.1, -0.05) is 44.6 Å². The van der Waals surface area contributed by atoms with E-state index in [2.05, 4.69) is 38.2 Å². The molecule has 1 aliphatic heterocycles. The number of hydrogen-bond donors (Lipinski definition) is 0. The minimum absolute atomic E-state index is 0.322. The van der Waals surface area contributed by atoms with Crippen molar-refractivity contribution in [3.8, 4) is 0 Å². The van der Waals surface area contributed by atoms with E-state index >= 15 is 0 Å². The van der Waals surface area contributed by atoms with Gasteiger partial charge in [-0.15, -0.1) is 0 Å². The average Bonchev–Trinajstić information content (AvgIpc) is 2.18. The van der Waals surface area contributed by atoms with E-state index in [4.69, 9.17) is 4.43 Å². The molecule has 2 unspecified atom stereocenters. The molecule has 1 heterocycles. The van der Waals surface area contributed by atoms with Gasteiger partial charge in [0.2, 0.25) is 0 Å². The lowest BCUT2D eigenvalue weighted by molar-refractivity contribution is 0.269. The maximum Gasteiger partial charge on any atom is 0.184 e. The Morgan fingerprint density at radius 1 is 1.29 bits per heavy atom. The highest BCUT2D eigenvalue weighted by atomic mass is 28.3. The van der Waals surface area contributed by atoms with Gasteiger partial charge in [-0.2, -0.15) is 0 Å². The van der Waals surface area contributed by atoms with Gasteiger partial charge in [-0.25, -0.2) is 0 Å². The molecule has 1 nitrogen and oxygen atoms in total. The summed E-state index contributed by atoms with van der Waals surface area (Å²) in [6.07, 6.45) is 11.7. The summed E-state index contributed by atoms with van der Waals surface area (Å²) in [5, 5.41) is 0. The molecule has 0 saturated carbocycles. The van der Waals surface area contributed by atoms with Crippen LogP contribution in [0, 0.1) is 5.41 Å². The second kappa shape index (κ2) is 4.03. The summed E-state index contributed by atoms with van der Waals surface area (Å²) in [4.78, 5) is 0. The van der Waals surface area contributed by atoms with Gasteiger partial charge in [0, 0.05) is 12.1 Å².